The van der Waals surface area contributed by atoms with E-state index in [0.29, 0.717) is 19.4 Å². The SMILES string of the molecule is C#C.CC.CC(C)(O)OCC[C@@H]1C[C@H](O)CN1C(=O)OCc1ccccc1.CO. The van der Waals surface area contributed by atoms with Crippen LogP contribution in [0.1, 0.15) is 46.1 Å². The van der Waals surface area contributed by atoms with Gasteiger partial charge in [0.15, 0.2) is 5.79 Å². The fourth-order valence-electron chi connectivity index (χ4n) is 2.64. The molecule has 166 valence electrons. The summed E-state index contributed by atoms with van der Waals surface area (Å²) >= 11 is 0. The van der Waals surface area contributed by atoms with Crippen LogP contribution in [0.15, 0.2) is 30.3 Å². The second-order valence-corrected chi connectivity index (χ2v) is 6.32. The Kier molecular flexibility index (Phi) is 16.9. The van der Waals surface area contributed by atoms with Gasteiger partial charge in [0.25, 0.3) is 0 Å². The Labute approximate surface area is 175 Å². The number of likely N-dealkylation sites (tertiary alicyclic amines) is 1. The summed E-state index contributed by atoms with van der Waals surface area (Å²) in [5, 5.41) is 26.4. The molecule has 29 heavy (non-hydrogen) atoms. The Morgan fingerprint density at radius 1 is 1.21 bits per heavy atom. The maximum Gasteiger partial charge on any atom is 0.410 e. The van der Waals surface area contributed by atoms with Crippen molar-refractivity contribution in [1.29, 1.82) is 0 Å². The molecular weight excluding hydrogens is 374 g/mol. The molecule has 2 rings (SSSR count). The summed E-state index contributed by atoms with van der Waals surface area (Å²) in [6.07, 6.45) is 8.06. The van der Waals surface area contributed by atoms with Gasteiger partial charge in [-0.05, 0) is 32.3 Å². The zero-order chi connectivity index (χ0) is 22.9. The minimum atomic E-state index is -1.20. The van der Waals surface area contributed by atoms with E-state index in [-0.39, 0.29) is 19.2 Å². The van der Waals surface area contributed by atoms with Gasteiger partial charge in [-0.25, -0.2) is 4.79 Å². The summed E-state index contributed by atoms with van der Waals surface area (Å²) in [5.74, 6) is -1.20. The first-order chi connectivity index (χ1) is 13.8. The maximum atomic E-state index is 12.2. The van der Waals surface area contributed by atoms with Gasteiger partial charge >= 0.3 is 6.09 Å². The van der Waals surface area contributed by atoms with Crippen LogP contribution in [0.4, 0.5) is 4.79 Å². The Morgan fingerprint density at radius 3 is 2.28 bits per heavy atom. The average Bonchev–Trinajstić information content (AvgIpc) is 3.11. The number of terminal acetylenes is 1. The van der Waals surface area contributed by atoms with Gasteiger partial charge < -0.3 is 29.7 Å². The lowest BCUT2D eigenvalue weighted by Gasteiger charge is -2.25. The third kappa shape index (κ3) is 12.9. The maximum absolute atomic E-state index is 12.2. The van der Waals surface area contributed by atoms with Crippen molar-refractivity contribution in [2.45, 2.75) is 65.1 Å². The molecule has 1 aliphatic rings. The lowest BCUT2D eigenvalue weighted by molar-refractivity contribution is -0.177. The van der Waals surface area contributed by atoms with E-state index in [1.54, 1.807) is 18.7 Å². The van der Waals surface area contributed by atoms with E-state index in [0.717, 1.165) is 12.7 Å². The molecule has 1 aliphatic heterocycles. The highest BCUT2D eigenvalue weighted by atomic mass is 16.6. The predicted molar refractivity (Wildman–Crippen MR) is 114 cm³/mol. The highest BCUT2D eigenvalue weighted by Crippen LogP contribution is 2.22. The van der Waals surface area contributed by atoms with Crippen LogP contribution in [0.5, 0.6) is 0 Å². The zero-order valence-electron chi connectivity index (χ0n) is 18.2. The number of nitrogens with zero attached hydrogens (tertiary/aromatic N) is 1. The Hall–Kier alpha value is -2.11. The van der Waals surface area contributed by atoms with E-state index in [1.807, 2.05) is 44.2 Å². The minimum Gasteiger partial charge on any atom is -0.445 e. The fourth-order valence-corrected chi connectivity index (χ4v) is 2.64. The number of carbonyl (C=O) groups excluding carboxylic acids is 1. The number of hydrogen-bond donors (Lipinski definition) is 3. The van der Waals surface area contributed by atoms with Crippen LogP contribution in [-0.2, 0) is 16.1 Å². The highest BCUT2D eigenvalue weighted by molar-refractivity contribution is 5.68. The lowest BCUT2D eigenvalue weighted by atomic mass is 10.1. The smallest absolute Gasteiger partial charge is 0.410 e. The van der Waals surface area contributed by atoms with Crippen molar-refractivity contribution in [3.8, 4) is 12.8 Å². The first-order valence-electron chi connectivity index (χ1n) is 9.65. The number of benzene rings is 1. The quantitative estimate of drug-likeness (QED) is 0.492. The molecule has 0 bridgehead atoms. The molecule has 7 nitrogen and oxygen atoms in total. The summed E-state index contributed by atoms with van der Waals surface area (Å²) in [7, 11) is 1.00. The molecule has 1 saturated heterocycles. The standard InChI is InChI=1S/C17H25NO5.C2H6.C2H2.CH4O/c1-17(2,21)23-9-8-14-10-15(19)11-18(14)16(20)22-12-13-6-4-3-5-7-13;3*1-2/h3-7,14-15,19,21H,8-12H2,1-2H3;1-2H3;1-2H;2H,1H3/t14-,15+;;;/m1.../s1. The third-order valence-corrected chi connectivity index (χ3v) is 3.74. The summed E-state index contributed by atoms with van der Waals surface area (Å²) in [5.41, 5.74) is 0.919. The molecular formula is C22H37NO6. The molecule has 0 radical (unpaired) electrons. The average molecular weight is 412 g/mol. The normalized spacial score (nSPS) is 17.5. The summed E-state index contributed by atoms with van der Waals surface area (Å²) in [6.45, 7) is 7.90. The molecule has 7 heteroatoms. The number of aliphatic hydroxyl groups excluding tert-OH is 2. The van der Waals surface area contributed by atoms with Gasteiger partial charge in [-0.1, -0.05) is 44.2 Å². The molecule has 0 aromatic heterocycles. The van der Waals surface area contributed by atoms with Gasteiger partial charge in [0.05, 0.1) is 19.3 Å². The van der Waals surface area contributed by atoms with Crippen molar-refractivity contribution in [1.82, 2.24) is 4.90 Å². The Morgan fingerprint density at radius 2 is 1.76 bits per heavy atom. The molecule has 2 atom stereocenters. The van der Waals surface area contributed by atoms with Crippen molar-refractivity contribution < 1.29 is 29.6 Å². The number of carbonyl (C=O) groups is 1. The number of amides is 1. The molecule has 0 unspecified atom stereocenters. The number of rotatable bonds is 6. The predicted octanol–water partition coefficient (Wildman–Crippen LogP) is 2.78. The van der Waals surface area contributed by atoms with Gasteiger partial charge in [-0.15, -0.1) is 12.8 Å². The van der Waals surface area contributed by atoms with Crippen molar-refractivity contribution in [3.63, 3.8) is 0 Å². The third-order valence-electron chi connectivity index (χ3n) is 3.74. The topological polar surface area (TPSA) is 99.5 Å². The molecule has 1 aromatic rings. The minimum absolute atomic E-state index is 0.143. The van der Waals surface area contributed by atoms with Crippen LogP contribution in [-0.4, -0.2) is 64.5 Å². The van der Waals surface area contributed by atoms with Crippen molar-refractivity contribution in [2.75, 3.05) is 20.3 Å². The van der Waals surface area contributed by atoms with Crippen molar-refractivity contribution >= 4 is 6.09 Å². The fraction of sp³-hybridized carbons (Fsp3) is 0.591. The lowest BCUT2D eigenvalue weighted by Crippen LogP contribution is -2.37. The van der Waals surface area contributed by atoms with Crippen LogP contribution in [0.2, 0.25) is 0 Å². The second-order valence-electron chi connectivity index (χ2n) is 6.32. The van der Waals surface area contributed by atoms with Crippen LogP contribution in [0, 0.1) is 12.8 Å². The molecule has 3 N–H and O–H groups in total. The Bertz CT molecular complexity index is 541. The van der Waals surface area contributed by atoms with Crippen LogP contribution in [0.3, 0.4) is 0 Å². The highest BCUT2D eigenvalue weighted by Gasteiger charge is 2.35. The van der Waals surface area contributed by atoms with Gasteiger partial charge in [0, 0.05) is 13.2 Å². The molecule has 1 aromatic carbocycles. The van der Waals surface area contributed by atoms with Crippen molar-refractivity contribution in [2.24, 2.45) is 0 Å². The molecule has 0 aliphatic carbocycles. The zero-order valence-corrected chi connectivity index (χ0v) is 18.2. The molecule has 0 spiro atoms. The van der Waals surface area contributed by atoms with E-state index in [4.69, 9.17) is 14.6 Å². The first-order valence-corrected chi connectivity index (χ1v) is 9.65. The monoisotopic (exact) mass is 411 g/mol. The van der Waals surface area contributed by atoms with E-state index in [2.05, 4.69) is 12.8 Å². The van der Waals surface area contributed by atoms with E-state index in [1.165, 1.54) is 0 Å². The summed E-state index contributed by atoms with van der Waals surface area (Å²) < 4.78 is 10.6. The van der Waals surface area contributed by atoms with Crippen molar-refractivity contribution in [3.05, 3.63) is 35.9 Å². The molecule has 1 amide bonds. The summed E-state index contributed by atoms with van der Waals surface area (Å²) in [6, 6.07) is 9.32. The van der Waals surface area contributed by atoms with E-state index >= 15 is 0 Å². The number of hydrogen-bond acceptors (Lipinski definition) is 6. The largest absolute Gasteiger partial charge is 0.445 e. The number of aliphatic hydroxyl groups is 3. The first kappa shape index (κ1) is 29.1. The van der Waals surface area contributed by atoms with Crippen LogP contribution in [0.25, 0.3) is 0 Å². The molecule has 0 saturated carbocycles. The number of β-amino-alcohol motifs (C(OH)–C–C–N with tert-alkyl or cyclic N) is 1. The van der Waals surface area contributed by atoms with Gasteiger partial charge in [0.2, 0.25) is 0 Å². The molecule has 1 heterocycles. The summed E-state index contributed by atoms with van der Waals surface area (Å²) in [4.78, 5) is 13.8. The van der Waals surface area contributed by atoms with E-state index < -0.39 is 18.0 Å². The van der Waals surface area contributed by atoms with E-state index in [9.17, 15) is 15.0 Å². The second kappa shape index (κ2) is 16.8. The van der Waals surface area contributed by atoms with Gasteiger partial charge in [-0.2, -0.15) is 0 Å². The van der Waals surface area contributed by atoms with Crippen LogP contribution >= 0.6 is 0 Å². The van der Waals surface area contributed by atoms with Gasteiger partial charge in [0.1, 0.15) is 6.61 Å². The molecule has 1 fully saturated rings. The van der Waals surface area contributed by atoms with Crippen LogP contribution < -0.4 is 0 Å². The Balaban J connectivity index is 0. The van der Waals surface area contributed by atoms with Gasteiger partial charge in [-0.3, -0.25) is 0 Å². The number of ether oxygens (including phenoxy) is 2.